The lowest BCUT2D eigenvalue weighted by Crippen LogP contribution is -2.09. The average Bonchev–Trinajstić information content (AvgIpc) is 2.57. The average molecular weight is 295 g/mol. The van der Waals surface area contributed by atoms with E-state index in [4.69, 9.17) is 0 Å². The maximum Gasteiger partial charge on any atom is 0.263 e. The second kappa shape index (κ2) is 6.39. The Morgan fingerprint density at radius 1 is 0.545 bits per heavy atom. The number of rotatable bonds is 4. The van der Waals surface area contributed by atoms with Gasteiger partial charge < -0.3 is 4.90 Å². The Morgan fingerprint density at radius 3 is 1.36 bits per heavy atom. The quantitative estimate of drug-likeness (QED) is 0.562. The number of para-hydroxylation sites is 2. The third-order valence-electron chi connectivity index (χ3n) is 3.43. The smallest absolute Gasteiger partial charge is 0.263 e. The van der Waals surface area contributed by atoms with Crippen LogP contribution >= 0.6 is 0 Å². The van der Waals surface area contributed by atoms with Crippen molar-refractivity contribution in [3.05, 3.63) is 90.5 Å². The van der Waals surface area contributed by atoms with Crippen LogP contribution in [-0.4, -0.2) is 0 Å². The highest BCUT2D eigenvalue weighted by molar-refractivity contribution is 5.76. The van der Waals surface area contributed by atoms with Gasteiger partial charge in [0.05, 0.1) is 0 Å². The number of benzene rings is 3. The highest BCUT2D eigenvalue weighted by Gasteiger charge is 2.13. The fourth-order valence-corrected chi connectivity index (χ4v) is 2.37. The number of anilines is 3. The van der Waals surface area contributed by atoms with Gasteiger partial charge in [-0.3, -0.25) is 0 Å². The van der Waals surface area contributed by atoms with Crippen LogP contribution in [0.2, 0.25) is 0 Å². The van der Waals surface area contributed by atoms with Crippen LogP contribution in [0.15, 0.2) is 84.9 Å². The van der Waals surface area contributed by atoms with Gasteiger partial charge in [-0.2, -0.15) is 0 Å². The molecule has 0 radical (unpaired) electrons. The first-order valence-corrected chi connectivity index (χ1v) is 7.04. The molecule has 3 aromatic carbocycles. The standard InChI is InChI=1S/C19H15F2N/c20-19(21)15-11-13-18(14-12-15)22(16-7-3-1-4-8-16)17-9-5-2-6-10-17/h1-14,19H. The number of nitrogens with zero attached hydrogens (tertiary/aromatic N) is 1. The molecular formula is C19H15F2N. The van der Waals surface area contributed by atoms with Crippen LogP contribution in [-0.2, 0) is 0 Å². The maximum absolute atomic E-state index is 12.7. The second-order valence-electron chi connectivity index (χ2n) is 4.90. The summed E-state index contributed by atoms with van der Waals surface area (Å²) in [5.41, 5.74) is 2.85. The van der Waals surface area contributed by atoms with Crippen molar-refractivity contribution >= 4 is 17.1 Å². The molecule has 22 heavy (non-hydrogen) atoms. The zero-order chi connectivity index (χ0) is 15.4. The molecule has 1 nitrogen and oxygen atoms in total. The zero-order valence-electron chi connectivity index (χ0n) is 11.9. The van der Waals surface area contributed by atoms with Gasteiger partial charge in [-0.1, -0.05) is 48.5 Å². The molecule has 0 aliphatic carbocycles. The Bertz CT molecular complexity index is 670. The molecule has 0 amide bonds. The van der Waals surface area contributed by atoms with Crippen LogP contribution < -0.4 is 4.90 Å². The van der Waals surface area contributed by atoms with E-state index in [0.717, 1.165) is 17.1 Å². The van der Waals surface area contributed by atoms with E-state index in [1.807, 2.05) is 65.6 Å². The highest BCUT2D eigenvalue weighted by atomic mass is 19.3. The molecule has 0 unspecified atom stereocenters. The van der Waals surface area contributed by atoms with Gasteiger partial charge in [0.25, 0.3) is 6.43 Å². The Balaban J connectivity index is 2.06. The minimum atomic E-state index is -2.45. The van der Waals surface area contributed by atoms with Gasteiger partial charge in [0.15, 0.2) is 0 Å². The van der Waals surface area contributed by atoms with Crippen LogP contribution in [0.25, 0.3) is 0 Å². The van der Waals surface area contributed by atoms with Gasteiger partial charge in [-0.15, -0.1) is 0 Å². The molecule has 0 aliphatic rings. The summed E-state index contributed by atoms with van der Waals surface area (Å²) in [7, 11) is 0. The first kappa shape index (κ1) is 14.3. The Kier molecular flexibility index (Phi) is 4.15. The summed E-state index contributed by atoms with van der Waals surface area (Å²) in [5, 5.41) is 0. The summed E-state index contributed by atoms with van der Waals surface area (Å²) in [6.07, 6.45) is -2.45. The molecule has 0 heterocycles. The predicted octanol–water partition coefficient (Wildman–Crippen LogP) is 6.09. The summed E-state index contributed by atoms with van der Waals surface area (Å²) in [6, 6.07) is 26.1. The number of alkyl halides is 2. The minimum Gasteiger partial charge on any atom is -0.311 e. The van der Waals surface area contributed by atoms with Gasteiger partial charge in [0.2, 0.25) is 0 Å². The summed E-state index contributed by atoms with van der Waals surface area (Å²) >= 11 is 0. The van der Waals surface area contributed by atoms with Crippen LogP contribution in [0.3, 0.4) is 0 Å². The lowest BCUT2D eigenvalue weighted by Gasteiger charge is -2.25. The van der Waals surface area contributed by atoms with Crippen molar-refractivity contribution in [2.45, 2.75) is 6.43 Å². The van der Waals surface area contributed by atoms with Gasteiger partial charge >= 0.3 is 0 Å². The third-order valence-corrected chi connectivity index (χ3v) is 3.43. The van der Waals surface area contributed by atoms with Gasteiger partial charge in [-0.05, 0) is 36.4 Å². The molecule has 3 aromatic rings. The normalized spacial score (nSPS) is 10.7. The molecule has 3 rings (SSSR count). The number of hydrogen-bond donors (Lipinski definition) is 0. The summed E-state index contributed by atoms with van der Waals surface area (Å²) < 4.78 is 25.5. The summed E-state index contributed by atoms with van der Waals surface area (Å²) in [6.45, 7) is 0. The fraction of sp³-hybridized carbons (Fsp3) is 0.0526. The van der Waals surface area contributed by atoms with Crippen molar-refractivity contribution in [3.8, 4) is 0 Å². The molecule has 0 spiro atoms. The zero-order valence-corrected chi connectivity index (χ0v) is 11.9. The van der Waals surface area contributed by atoms with Crippen molar-refractivity contribution in [2.24, 2.45) is 0 Å². The maximum atomic E-state index is 12.7. The van der Waals surface area contributed by atoms with Gasteiger partial charge in [0, 0.05) is 22.6 Å². The van der Waals surface area contributed by atoms with E-state index >= 15 is 0 Å². The summed E-state index contributed by atoms with van der Waals surface area (Å²) in [4.78, 5) is 2.04. The van der Waals surface area contributed by atoms with E-state index in [0.29, 0.717) is 0 Å². The van der Waals surface area contributed by atoms with E-state index in [2.05, 4.69) is 0 Å². The monoisotopic (exact) mass is 295 g/mol. The van der Waals surface area contributed by atoms with E-state index < -0.39 is 6.43 Å². The SMILES string of the molecule is FC(F)c1ccc(N(c2ccccc2)c2ccccc2)cc1. The first-order chi connectivity index (χ1) is 10.8. The highest BCUT2D eigenvalue weighted by Crippen LogP contribution is 2.34. The lowest BCUT2D eigenvalue weighted by molar-refractivity contribution is 0.151. The predicted molar refractivity (Wildman–Crippen MR) is 86.1 cm³/mol. The van der Waals surface area contributed by atoms with Crippen LogP contribution in [0.5, 0.6) is 0 Å². The molecule has 0 aliphatic heterocycles. The lowest BCUT2D eigenvalue weighted by atomic mass is 10.1. The summed E-state index contributed by atoms with van der Waals surface area (Å²) in [5.74, 6) is 0. The van der Waals surface area contributed by atoms with Gasteiger partial charge in [-0.25, -0.2) is 8.78 Å². The molecule has 0 bridgehead atoms. The second-order valence-corrected chi connectivity index (χ2v) is 4.90. The van der Waals surface area contributed by atoms with E-state index in [1.54, 1.807) is 12.1 Å². The minimum absolute atomic E-state index is 0.0322. The largest absolute Gasteiger partial charge is 0.311 e. The van der Waals surface area contributed by atoms with E-state index in [1.165, 1.54) is 12.1 Å². The van der Waals surface area contributed by atoms with Crippen molar-refractivity contribution < 1.29 is 8.78 Å². The molecular weight excluding hydrogens is 280 g/mol. The molecule has 0 N–H and O–H groups in total. The van der Waals surface area contributed by atoms with Crippen molar-refractivity contribution in [1.82, 2.24) is 0 Å². The van der Waals surface area contributed by atoms with Crippen LogP contribution in [0.4, 0.5) is 25.8 Å². The van der Waals surface area contributed by atoms with Crippen molar-refractivity contribution in [1.29, 1.82) is 0 Å². The van der Waals surface area contributed by atoms with Crippen molar-refractivity contribution in [3.63, 3.8) is 0 Å². The molecule has 0 saturated carbocycles. The number of halogens is 2. The molecule has 0 aromatic heterocycles. The Morgan fingerprint density at radius 2 is 0.955 bits per heavy atom. The molecule has 0 fully saturated rings. The number of hydrogen-bond acceptors (Lipinski definition) is 1. The molecule has 0 atom stereocenters. The first-order valence-electron chi connectivity index (χ1n) is 7.04. The molecule has 3 heteroatoms. The van der Waals surface area contributed by atoms with Crippen LogP contribution in [0, 0.1) is 0 Å². The van der Waals surface area contributed by atoms with E-state index in [-0.39, 0.29) is 5.56 Å². The molecule has 0 saturated heterocycles. The van der Waals surface area contributed by atoms with E-state index in [9.17, 15) is 8.78 Å². The fourth-order valence-electron chi connectivity index (χ4n) is 2.37. The topological polar surface area (TPSA) is 3.24 Å². The van der Waals surface area contributed by atoms with Gasteiger partial charge in [0.1, 0.15) is 0 Å². The molecule has 110 valence electrons. The Labute approximate surface area is 128 Å². The van der Waals surface area contributed by atoms with Crippen LogP contribution in [0.1, 0.15) is 12.0 Å². The van der Waals surface area contributed by atoms with Crippen molar-refractivity contribution in [2.75, 3.05) is 4.90 Å². The Hall–Kier alpha value is -2.68. The third kappa shape index (κ3) is 2.98.